The number of likely N-dealkylation sites (N-methyl/N-ethyl adjacent to an activating group) is 1. The monoisotopic (exact) mass is 313 g/mol. The van der Waals surface area contributed by atoms with Gasteiger partial charge in [0.25, 0.3) is 5.91 Å². The third-order valence-corrected chi connectivity index (χ3v) is 3.33. The molecule has 0 N–H and O–H groups in total. The van der Waals surface area contributed by atoms with Crippen LogP contribution < -0.4 is 4.74 Å². The highest BCUT2D eigenvalue weighted by Gasteiger charge is 2.23. The van der Waals surface area contributed by atoms with Gasteiger partial charge in [-0.1, -0.05) is 30.7 Å². The molecule has 0 heterocycles. The SMILES string of the molecule is COC(=O)C(C)CN(C)C(=O)C(C)Oc1ccccc1Cl. The Morgan fingerprint density at radius 1 is 1.29 bits per heavy atom. The summed E-state index contributed by atoms with van der Waals surface area (Å²) in [5.41, 5.74) is 0. The zero-order valence-electron chi connectivity index (χ0n) is 12.6. The topological polar surface area (TPSA) is 55.8 Å². The number of methoxy groups -OCH3 is 1. The minimum absolute atomic E-state index is 0.231. The molecule has 116 valence electrons. The molecule has 0 aromatic heterocycles. The first-order valence-corrected chi connectivity index (χ1v) is 6.98. The van der Waals surface area contributed by atoms with Gasteiger partial charge in [0.2, 0.25) is 0 Å². The molecule has 2 atom stereocenters. The third-order valence-electron chi connectivity index (χ3n) is 3.02. The molecule has 0 spiro atoms. The molecular weight excluding hydrogens is 294 g/mol. The van der Waals surface area contributed by atoms with Crippen LogP contribution in [0.3, 0.4) is 0 Å². The highest BCUT2D eigenvalue weighted by Crippen LogP contribution is 2.24. The zero-order chi connectivity index (χ0) is 16.0. The van der Waals surface area contributed by atoms with Crippen molar-refractivity contribution in [1.29, 1.82) is 0 Å². The van der Waals surface area contributed by atoms with Gasteiger partial charge in [0.1, 0.15) is 5.75 Å². The van der Waals surface area contributed by atoms with E-state index in [1.807, 2.05) is 0 Å². The molecular formula is C15H20ClNO4. The van der Waals surface area contributed by atoms with E-state index in [1.165, 1.54) is 12.0 Å². The van der Waals surface area contributed by atoms with E-state index in [0.29, 0.717) is 10.8 Å². The molecule has 0 aliphatic heterocycles. The predicted molar refractivity (Wildman–Crippen MR) is 80.4 cm³/mol. The molecule has 0 fully saturated rings. The number of halogens is 1. The van der Waals surface area contributed by atoms with E-state index >= 15 is 0 Å². The molecule has 0 radical (unpaired) electrons. The van der Waals surface area contributed by atoms with Crippen LogP contribution in [0.5, 0.6) is 5.75 Å². The Bertz CT molecular complexity index is 506. The van der Waals surface area contributed by atoms with Gasteiger partial charge in [-0.3, -0.25) is 9.59 Å². The van der Waals surface area contributed by atoms with Crippen LogP contribution in [-0.2, 0) is 14.3 Å². The molecule has 0 aliphatic carbocycles. The lowest BCUT2D eigenvalue weighted by molar-refractivity contribution is -0.147. The van der Waals surface area contributed by atoms with Gasteiger partial charge >= 0.3 is 5.97 Å². The Hall–Kier alpha value is -1.75. The second-order valence-electron chi connectivity index (χ2n) is 4.83. The first kappa shape index (κ1) is 17.3. The summed E-state index contributed by atoms with van der Waals surface area (Å²) in [6.45, 7) is 3.61. The van der Waals surface area contributed by atoms with Gasteiger partial charge in [-0.15, -0.1) is 0 Å². The average molecular weight is 314 g/mol. The van der Waals surface area contributed by atoms with Gasteiger partial charge in [-0.05, 0) is 19.1 Å². The maximum Gasteiger partial charge on any atom is 0.310 e. The minimum atomic E-state index is -0.695. The van der Waals surface area contributed by atoms with Crippen molar-refractivity contribution in [3.8, 4) is 5.75 Å². The quantitative estimate of drug-likeness (QED) is 0.757. The second-order valence-corrected chi connectivity index (χ2v) is 5.24. The van der Waals surface area contributed by atoms with Crippen molar-refractivity contribution < 1.29 is 19.1 Å². The molecule has 2 unspecified atom stereocenters. The highest BCUT2D eigenvalue weighted by molar-refractivity contribution is 6.32. The van der Waals surface area contributed by atoms with Crippen LogP contribution in [0.2, 0.25) is 5.02 Å². The number of benzene rings is 1. The molecule has 0 aliphatic rings. The van der Waals surface area contributed by atoms with Gasteiger partial charge in [0.15, 0.2) is 6.10 Å². The molecule has 0 saturated carbocycles. The van der Waals surface area contributed by atoms with E-state index in [0.717, 1.165) is 0 Å². The summed E-state index contributed by atoms with van der Waals surface area (Å²) in [4.78, 5) is 25.0. The Morgan fingerprint density at radius 2 is 1.90 bits per heavy atom. The average Bonchev–Trinajstić information content (AvgIpc) is 2.47. The number of para-hydroxylation sites is 1. The standard InChI is InChI=1S/C15H20ClNO4/c1-10(15(19)20-4)9-17(3)14(18)11(2)21-13-8-6-5-7-12(13)16/h5-8,10-11H,9H2,1-4H3. The maximum absolute atomic E-state index is 12.2. The van der Waals surface area contributed by atoms with Gasteiger partial charge in [-0.2, -0.15) is 0 Å². The lowest BCUT2D eigenvalue weighted by Gasteiger charge is -2.24. The van der Waals surface area contributed by atoms with Crippen molar-refractivity contribution in [2.75, 3.05) is 20.7 Å². The van der Waals surface area contributed by atoms with E-state index in [1.54, 1.807) is 45.2 Å². The molecule has 1 rings (SSSR count). The van der Waals surface area contributed by atoms with Crippen molar-refractivity contribution in [1.82, 2.24) is 4.90 Å². The van der Waals surface area contributed by atoms with E-state index in [-0.39, 0.29) is 18.4 Å². The van der Waals surface area contributed by atoms with Gasteiger partial charge < -0.3 is 14.4 Å². The fraction of sp³-hybridized carbons (Fsp3) is 0.467. The largest absolute Gasteiger partial charge is 0.479 e. The summed E-state index contributed by atoms with van der Waals surface area (Å²) in [6.07, 6.45) is -0.695. The van der Waals surface area contributed by atoms with E-state index < -0.39 is 12.0 Å². The van der Waals surface area contributed by atoms with Crippen molar-refractivity contribution in [2.45, 2.75) is 20.0 Å². The number of esters is 1. The van der Waals surface area contributed by atoms with Crippen LogP contribution in [0.4, 0.5) is 0 Å². The third kappa shape index (κ3) is 4.93. The van der Waals surface area contributed by atoms with Gasteiger partial charge in [0, 0.05) is 13.6 Å². The van der Waals surface area contributed by atoms with Crippen LogP contribution >= 0.6 is 11.6 Å². The predicted octanol–water partition coefficient (Wildman–Crippen LogP) is 2.37. The Morgan fingerprint density at radius 3 is 2.48 bits per heavy atom. The number of carbonyl (C=O) groups is 2. The molecule has 1 aromatic carbocycles. The second kappa shape index (κ2) is 7.88. The van der Waals surface area contributed by atoms with Gasteiger partial charge in [0.05, 0.1) is 18.1 Å². The first-order valence-electron chi connectivity index (χ1n) is 6.60. The van der Waals surface area contributed by atoms with Crippen LogP contribution in [0, 0.1) is 5.92 Å². The van der Waals surface area contributed by atoms with Crippen LogP contribution in [0.1, 0.15) is 13.8 Å². The molecule has 6 heteroatoms. The van der Waals surface area contributed by atoms with E-state index in [4.69, 9.17) is 16.3 Å². The summed E-state index contributed by atoms with van der Waals surface area (Å²) in [5, 5.41) is 0.447. The molecule has 5 nitrogen and oxygen atoms in total. The smallest absolute Gasteiger partial charge is 0.310 e. The number of amides is 1. The number of hydrogen-bond acceptors (Lipinski definition) is 4. The summed E-state index contributed by atoms with van der Waals surface area (Å²) < 4.78 is 10.2. The molecule has 0 saturated heterocycles. The number of nitrogens with zero attached hydrogens (tertiary/aromatic N) is 1. The first-order chi connectivity index (χ1) is 9.86. The van der Waals surface area contributed by atoms with Crippen LogP contribution in [0.15, 0.2) is 24.3 Å². The van der Waals surface area contributed by atoms with Crippen LogP contribution in [-0.4, -0.2) is 43.6 Å². The highest BCUT2D eigenvalue weighted by atomic mass is 35.5. The van der Waals surface area contributed by atoms with Crippen molar-refractivity contribution >= 4 is 23.5 Å². The lowest BCUT2D eigenvalue weighted by atomic mass is 10.1. The number of hydrogen-bond donors (Lipinski definition) is 0. The fourth-order valence-corrected chi connectivity index (χ4v) is 2.05. The zero-order valence-corrected chi connectivity index (χ0v) is 13.4. The van der Waals surface area contributed by atoms with Crippen LogP contribution in [0.25, 0.3) is 0 Å². The fourth-order valence-electron chi connectivity index (χ4n) is 1.87. The Labute approximate surface area is 129 Å². The van der Waals surface area contributed by atoms with Crippen molar-refractivity contribution in [3.63, 3.8) is 0 Å². The lowest BCUT2D eigenvalue weighted by Crippen LogP contribution is -2.41. The molecule has 1 amide bonds. The Kier molecular flexibility index (Phi) is 6.49. The summed E-state index contributed by atoms with van der Waals surface area (Å²) in [7, 11) is 2.94. The number of ether oxygens (including phenoxy) is 2. The number of rotatable bonds is 6. The number of carbonyl (C=O) groups excluding carboxylic acids is 2. The van der Waals surface area contributed by atoms with Crippen molar-refractivity contribution in [3.05, 3.63) is 29.3 Å². The molecule has 0 bridgehead atoms. The van der Waals surface area contributed by atoms with E-state index in [2.05, 4.69) is 4.74 Å². The molecule has 1 aromatic rings. The van der Waals surface area contributed by atoms with Gasteiger partial charge in [-0.25, -0.2) is 0 Å². The van der Waals surface area contributed by atoms with E-state index in [9.17, 15) is 9.59 Å². The maximum atomic E-state index is 12.2. The normalized spacial score (nSPS) is 13.2. The minimum Gasteiger partial charge on any atom is -0.479 e. The molecule has 21 heavy (non-hydrogen) atoms. The summed E-state index contributed by atoms with van der Waals surface area (Å²) in [5.74, 6) is -0.522. The summed E-state index contributed by atoms with van der Waals surface area (Å²) >= 11 is 5.99. The summed E-state index contributed by atoms with van der Waals surface area (Å²) in [6, 6.07) is 6.95. The Balaban J connectivity index is 2.61. The van der Waals surface area contributed by atoms with Crippen molar-refractivity contribution in [2.24, 2.45) is 5.92 Å².